The first-order chi connectivity index (χ1) is 10.0. The van der Waals surface area contributed by atoms with Crippen LogP contribution < -0.4 is 5.43 Å². The van der Waals surface area contributed by atoms with Crippen LogP contribution in [0.5, 0.6) is 5.75 Å². The molecular formula is C17H21NO3. The summed E-state index contributed by atoms with van der Waals surface area (Å²) in [6, 6.07) is 3.38. The fourth-order valence-corrected chi connectivity index (χ4v) is 3.31. The van der Waals surface area contributed by atoms with Crippen LogP contribution in [0.3, 0.4) is 0 Å². The van der Waals surface area contributed by atoms with Crippen molar-refractivity contribution in [2.75, 3.05) is 13.1 Å². The molecule has 0 saturated carbocycles. The van der Waals surface area contributed by atoms with Crippen LogP contribution in [0.15, 0.2) is 21.3 Å². The lowest BCUT2D eigenvalue weighted by Gasteiger charge is -2.23. The number of aryl methyl sites for hydroxylation is 1. The average molecular weight is 287 g/mol. The van der Waals surface area contributed by atoms with Gasteiger partial charge in [-0.05, 0) is 51.9 Å². The molecule has 1 aliphatic heterocycles. The summed E-state index contributed by atoms with van der Waals surface area (Å²) in [5.41, 5.74) is 1.85. The first-order valence-corrected chi connectivity index (χ1v) is 7.54. The quantitative estimate of drug-likeness (QED) is 0.921. The van der Waals surface area contributed by atoms with Crippen LogP contribution in [0.4, 0.5) is 0 Å². The number of benzene rings is 1. The van der Waals surface area contributed by atoms with Crippen LogP contribution in [0.1, 0.15) is 42.7 Å². The number of aromatic hydroxyl groups is 1. The second-order valence-electron chi connectivity index (χ2n) is 5.79. The Morgan fingerprint density at radius 3 is 2.81 bits per heavy atom. The standard InChI is InChI=1S/C17H21NO3/c1-4-18-9-5-6-13(18)17-11(3)15(20)12-7-8-14(19)10(2)16(12)21-17/h7-8,13,19H,4-6,9H2,1-3H3/t13-/m1/s1. The van der Waals surface area contributed by atoms with E-state index in [2.05, 4.69) is 11.8 Å². The summed E-state index contributed by atoms with van der Waals surface area (Å²) in [7, 11) is 0. The molecule has 1 fully saturated rings. The lowest BCUT2D eigenvalue weighted by atomic mass is 10.0. The summed E-state index contributed by atoms with van der Waals surface area (Å²) in [5, 5.41) is 10.4. The van der Waals surface area contributed by atoms with E-state index in [1.165, 1.54) is 0 Å². The predicted octanol–water partition coefficient (Wildman–Crippen LogP) is 3.27. The van der Waals surface area contributed by atoms with Crippen molar-refractivity contribution < 1.29 is 9.52 Å². The van der Waals surface area contributed by atoms with E-state index in [9.17, 15) is 9.90 Å². The molecule has 3 rings (SSSR count). The molecule has 0 bridgehead atoms. The van der Waals surface area contributed by atoms with Gasteiger partial charge < -0.3 is 9.52 Å². The Labute approximate surface area is 124 Å². The monoisotopic (exact) mass is 287 g/mol. The molecule has 1 saturated heterocycles. The second kappa shape index (κ2) is 5.19. The van der Waals surface area contributed by atoms with Gasteiger partial charge in [-0.25, -0.2) is 0 Å². The van der Waals surface area contributed by atoms with Crippen molar-refractivity contribution in [2.45, 2.75) is 39.7 Å². The molecule has 21 heavy (non-hydrogen) atoms. The predicted molar refractivity (Wildman–Crippen MR) is 82.8 cm³/mol. The average Bonchev–Trinajstić information content (AvgIpc) is 2.95. The van der Waals surface area contributed by atoms with E-state index in [0.29, 0.717) is 22.1 Å². The number of phenolic OH excluding ortho intramolecular Hbond substituents is 1. The second-order valence-corrected chi connectivity index (χ2v) is 5.79. The number of phenols is 1. The highest BCUT2D eigenvalue weighted by Crippen LogP contribution is 2.35. The van der Waals surface area contributed by atoms with Gasteiger partial charge in [0.25, 0.3) is 0 Å². The number of likely N-dealkylation sites (tertiary alicyclic amines) is 1. The maximum atomic E-state index is 12.6. The van der Waals surface area contributed by atoms with Crippen LogP contribution in [-0.4, -0.2) is 23.1 Å². The van der Waals surface area contributed by atoms with Gasteiger partial charge in [-0.15, -0.1) is 0 Å². The SMILES string of the molecule is CCN1CCC[C@@H]1c1oc2c(C)c(O)ccc2c(=O)c1C. The Kier molecular flexibility index (Phi) is 3.49. The summed E-state index contributed by atoms with van der Waals surface area (Å²) >= 11 is 0. The summed E-state index contributed by atoms with van der Waals surface area (Å²) in [5.74, 6) is 0.930. The Morgan fingerprint density at radius 1 is 1.33 bits per heavy atom. The van der Waals surface area contributed by atoms with Crippen LogP contribution in [0, 0.1) is 13.8 Å². The number of nitrogens with zero attached hydrogens (tertiary/aromatic N) is 1. The van der Waals surface area contributed by atoms with Crippen molar-refractivity contribution in [2.24, 2.45) is 0 Å². The van der Waals surface area contributed by atoms with E-state index < -0.39 is 0 Å². The molecule has 2 aromatic rings. The third-order valence-electron chi connectivity index (χ3n) is 4.62. The van der Waals surface area contributed by atoms with Crippen molar-refractivity contribution in [3.05, 3.63) is 39.2 Å². The summed E-state index contributed by atoms with van der Waals surface area (Å²) in [4.78, 5) is 14.9. The zero-order valence-corrected chi connectivity index (χ0v) is 12.8. The minimum atomic E-state index is 0.0114. The van der Waals surface area contributed by atoms with Gasteiger partial charge in [-0.3, -0.25) is 9.69 Å². The molecule has 1 N–H and O–H groups in total. The van der Waals surface area contributed by atoms with E-state index in [1.54, 1.807) is 19.1 Å². The Hall–Kier alpha value is -1.81. The lowest BCUT2D eigenvalue weighted by molar-refractivity contribution is 0.240. The minimum Gasteiger partial charge on any atom is -0.508 e. The van der Waals surface area contributed by atoms with Crippen molar-refractivity contribution in [1.29, 1.82) is 0 Å². The molecule has 4 nitrogen and oxygen atoms in total. The highest BCUT2D eigenvalue weighted by atomic mass is 16.3. The van der Waals surface area contributed by atoms with E-state index in [1.807, 2.05) is 6.92 Å². The zero-order valence-electron chi connectivity index (χ0n) is 12.8. The van der Waals surface area contributed by atoms with Gasteiger partial charge in [0.2, 0.25) is 0 Å². The maximum absolute atomic E-state index is 12.6. The van der Waals surface area contributed by atoms with Gasteiger partial charge >= 0.3 is 0 Å². The van der Waals surface area contributed by atoms with Gasteiger partial charge in [-0.2, -0.15) is 0 Å². The molecule has 0 amide bonds. The highest BCUT2D eigenvalue weighted by Gasteiger charge is 2.29. The molecule has 0 aliphatic carbocycles. The molecule has 1 aliphatic rings. The highest BCUT2D eigenvalue weighted by molar-refractivity contribution is 5.82. The van der Waals surface area contributed by atoms with Crippen molar-refractivity contribution in [3.8, 4) is 5.75 Å². The van der Waals surface area contributed by atoms with Gasteiger partial charge in [-0.1, -0.05) is 6.92 Å². The van der Waals surface area contributed by atoms with Crippen LogP contribution in [0.2, 0.25) is 0 Å². The van der Waals surface area contributed by atoms with Gasteiger partial charge in [0.05, 0.1) is 11.4 Å². The Balaban J connectivity index is 2.26. The van der Waals surface area contributed by atoms with Crippen molar-refractivity contribution in [1.82, 2.24) is 4.90 Å². The minimum absolute atomic E-state index is 0.0114. The summed E-state index contributed by atoms with van der Waals surface area (Å²) < 4.78 is 6.10. The molecule has 4 heteroatoms. The number of hydrogen-bond donors (Lipinski definition) is 1. The maximum Gasteiger partial charge on any atom is 0.195 e. The molecule has 1 aromatic carbocycles. The van der Waals surface area contributed by atoms with Gasteiger partial charge in [0.15, 0.2) is 5.43 Å². The fraction of sp³-hybridized carbons (Fsp3) is 0.471. The van der Waals surface area contributed by atoms with E-state index in [4.69, 9.17) is 4.42 Å². The topological polar surface area (TPSA) is 53.7 Å². The number of fused-ring (bicyclic) bond motifs is 1. The smallest absolute Gasteiger partial charge is 0.195 e. The van der Waals surface area contributed by atoms with Crippen LogP contribution in [-0.2, 0) is 0 Å². The van der Waals surface area contributed by atoms with Crippen LogP contribution in [0.25, 0.3) is 11.0 Å². The molecule has 0 radical (unpaired) electrons. The van der Waals surface area contributed by atoms with Crippen LogP contribution >= 0.6 is 0 Å². The lowest BCUT2D eigenvalue weighted by Crippen LogP contribution is -2.25. The van der Waals surface area contributed by atoms with Crippen molar-refractivity contribution >= 4 is 11.0 Å². The fourth-order valence-electron chi connectivity index (χ4n) is 3.31. The van der Waals surface area contributed by atoms with E-state index in [0.717, 1.165) is 31.7 Å². The van der Waals surface area contributed by atoms with Crippen molar-refractivity contribution in [3.63, 3.8) is 0 Å². The zero-order chi connectivity index (χ0) is 15.1. The normalized spacial score (nSPS) is 19.5. The largest absolute Gasteiger partial charge is 0.508 e. The molecule has 1 aromatic heterocycles. The Morgan fingerprint density at radius 2 is 2.10 bits per heavy atom. The third-order valence-corrected chi connectivity index (χ3v) is 4.62. The first kappa shape index (κ1) is 14.1. The number of hydrogen-bond acceptors (Lipinski definition) is 4. The molecule has 0 spiro atoms. The molecule has 1 atom stereocenters. The summed E-state index contributed by atoms with van der Waals surface area (Å²) in [6.45, 7) is 7.75. The molecule has 2 heterocycles. The molecule has 112 valence electrons. The molecule has 0 unspecified atom stereocenters. The Bertz CT molecular complexity index is 748. The summed E-state index contributed by atoms with van der Waals surface area (Å²) in [6.07, 6.45) is 2.14. The van der Waals surface area contributed by atoms with E-state index in [-0.39, 0.29) is 17.2 Å². The van der Waals surface area contributed by atoms with E-state index >= 15 is 0 Å². The van der Waals surface area contributed by atoms with Gasteiger partial charge in [0, 0.05) is 11.1 Å². The third kappa shape index (κ3) is 2.14. The molecular weight excluding hydrogens is 266 g/mol. The first-order valence-electron chi connectivity index (χ1n) is 7.54. The van der Waals surface area contributed by atoms with Gasteiger partial charge in [0.1, 0.15) is 17.1 Å². The number of rotatable bonds is 2.